The second-order valence-corrected chi connectivity index (χ2v) is 7.52. The molecular weight excluding hydrogens is 360 g/mol. The summed E-state index contributed by atoms with van der Waals surface area (Å²) in [5, 5.41) is 3.01. The average Bonchev–Trinajstić information content (AvgIpc) is 3.16. The van der Waals surface area contributed by atoms with Crippen LogP contribution in [0.25, 0.3) is 11.1 Å². The number of anilines is 1. The van der Waals surface area contributed by atoms with Gasteiger partial charge < -0.3 is 10.2 Å². The number of hydrogen-bond donors (Lipinski definition) is 1. The molecule has 0 spiro atoms. The van der Waals surface area contributed by atoms with Crippen LogP contribution in [0.5, 0.6) is 0 Å². The van der Waals surface area contributed by atoms with E-state index in [1.54, 1.807) is 17.9 Å². The molecule has 1 aliphatic heterocycles. The van der Waals surface area contributed by atoms with E-state index in [4.69, 9.17) is 0 Å². The Morgan fingerprint density at radius 3 is 2.48 bits per heavy atom. The first kappa shape index (κ1) is 18.9. The molecule has 0 atom stereocenters. The number of amides is 2. The Balaban J connectivity index is 1.45. The zero-order chi connectivity index (χ0) is 20.4. The molecular formula is C25H24N2O2. The lowest BCUT2D eigenvalue weighted by Gasteiger charge is -2.15. The van der Waals surface area contributed by atoms with Gasteiger partial charge in [0.15, 0.2) is 0 Å². The third kappa shape index (κ3) is 4.06. The summed E-state index contributed by atoms with van der Waals surface area (Å²) in [6.45, 7) is 4.80. The van der Waals surface area contributed by atoms with E-state index in [1.807, 2.05) is 24.3 Å². The topological polar surface area (TPSA) is 49.4 Å². The highest BCUT2D eigenvalue weighted by atomic mass is 16.2. The predicted molar refractivity (Wildman–Crippen MR) is 116 cm³/mol. The maximum Gasteiger partial charge on any atom is 0.251 e. The number of hydrogen-bond acceptors (Lipinski definition) is 2. The van der Waals surface area contributed by atoms with Gasteiger partial charge in [-0.3, -0.25) is 9.59 Å². The summed E-state index contributed by atoms with van der Waals surface area (Å²) < 4.78 is 0. The summed E-state index contributed by atoms with van der Waals surface area (Å²) in [4.78, 5) is 26.1. The highest BCUT2D eigenvalue weighted by Gasteiger charge is 2.23. The van der Waals surface area contributed by atoms with Crippen molar-refractivity contribution in [3.63, 3.8) is 0 Å². The third-order valence-corrected chi connectivity index (χ3v) is 5.35. The molecule has 1 aliphatic rings. The maximum absolute atomic E-state index is 12.6. The van der Waals surface area contributed by atoms with Crippen LogP contribution in [0.4, 0.5) is 5.69 Å². The molecule has 1 N–H and O–H groups in total. The number of aryl methyl sites for hydroxylation is 1. The van der Waals surface area contributed by atoms with Crippen molar-refractivity contribution in [3.8, 4) is 11.1 Å². The van der Waals surface area contributed by atoms with Crippen molar-refractivity contribution in [2.75, 3.05) is 11.4 Å². The molecule has 1 heterocycles. The van der Waals surface area contributed by atoms with Crippen molar-refractivity contribution in [1.82, 2.24) is 5.32 Å². The van der Waals surface area contributed by atoms with Crippen LogP contribution in [0.15, 0.2) is 66.7 Å². The molecule has 0 saturated heterocycles. The van der Waals surface area contributed by atoms with E-state index in [0.717, 1.165) is 28.8 Å². The lowest BCUT2D eigenvalue weighted by atomic mass is 10.0. The number of fused-ring (bicyclic) bond motifs is 1. The van der Waals surface area contributed by atoms with Gasteiger partial charge >= 0.3 is 0 Å². The van der Waals surface area contributed by atoms with E-state index in [0.29, 0.717) is 18.7 Å². The van der Waals surface area contributed by atoms with Gasteiger partial charge in [0.05, 0.1) is 0 Å². The maximum atomic E-state index is 12.6. The molecule has 0 aromatic heterocycles. The fraction of sp³-hybridized carbons (Fsp3) is 0.200. The Morgan fingerprint density at radius 2 is 1.72 bits per heavy atom. The van der Waals surface area contributed by atoms with Crippen LogP contribution in [0.2, 0.25) is 0 Å². The third-order valence-electron chi connectivity index (χ3n) is 5.35. The van der Waals surface area contributed by atoms with Crippen LogP contribution in [0.3, 0.4) is 0 Å². The number of nitrogens with one attached hydrogen (secondary N) is 1. The van der Waals surface area contributed by atoms with Gasteiger partial charge in [0.2, 0.25) is 5.91 Å². The minimum atomic E-state index is -0.102. The Labute approximate surface area is 171 Å². The molecule has 4 heteroatoms. The molecule has 4 nitrogen and oxygen atoms in total. The highest BCUT2D eigenvalue weighted by Crippen LogP contribution is 2.29. The smallest absolute Gasteiger partial charge is 0.251 e. The molecule has 3 aromatic carbocycles. The minimum absolute atomic E-state index is 0.0365. The van der Waals surface area contributed by atoms with Crippen molar-refractivity contribution in [1.29, 1.82) is 0 Å². The van der Waals surface area contributed by atoms with Crippen LogP contribution >= 0.6 is 0 Å². The van der Waals surface area contributed by atoms with Crippen LogP contribution in [0, 0.1) is 6.92 Å². The van der Waals surface area contributed by atoms with Gasteiger partial charge in [-0.15, -0.1) is 0 Å². The number of carbonyl (C=O) groups is 2. The van der Waals surface area contributed by atoms with E-state index >= 15 is 0 Å². The average molecular weight is 384 g/mol. The number of rotatable bonds is 4. The summed E-state index contributed by atoms with van der Waals surface area (Å²) in [7, 11) is 0. The fourth-order valence-electron chi connectivity index (χ4n) is 3.84. The summed E-state index contributed by atoms with van der Waals surface area (Å²) in [6, 6.07) is 22.2. The summed E-state index contributed by atoms with van der Waals surface area (Å²) in [6.07, 6.45) is 0.786. The van der Waals surface area contributed by atoms with E-state index < -0.39 is 0 Å². The fourth-order valence-corrected chi connectivity index (χ4v) is 3.84. The summed E-state index contributed by atoms with van der Waals surface area (Å²) in [5.41, 5.74) is 7.19. The zero-order valence-corrected chi connectivity index (χ0v) is 16.7. The quantitative estimate of drug-likeness (QED) is 0.720. The van der Waals surface area contributed by atoms with Gasteiger partial charge in [-0.1, -0.05) is 48.0 Å². The number of nitrogens with zero attached hydrogens (tertiary/aromatic N) is 1. The molecule has 29 heavy (non-hydrogen) atoms. The zero-order valence-electron chi connectivity index (χ0n) is 16.7. The Kier molecular flexibility index (Phi) is 5.17. The molecule has 0 unspecified atom stereocenters. The number of carbonyl (C=O) groups excluding carboxylic acids is 2. The van der Waals surface area contributed by atoms with E-state index in [1.165, 1.54) is 11.1 Å². The Hall–Kier alpha value is -3.40. The Bertz CT molecular complexity index is 1090. The molecule has 0 saturated carbocycles. The largest absolute Gasteiger partial charge is 0.348 e. The van der Waals surface area contributed by atoms with Gasteiger partial charge in [0.1, 0.15) is 0 Å². The van der Waals surface area contributed by atoms with Gasteiger partial charge in [0.25, 0.3) is 5.91 Å². The van der Waals surface area contributed by atoms with Crippen molar-refractivity contribution < 1.29 is 9.59 Å². The van der Waals surface area contributed by atoms with Gasteiger partial charge in [0, 0.05) is 31.3 Å². The lowest BCUT2D eigenvalue weighted by Crippen LogP contribution is -2.26. The molecule has 0 aliphatic carbocycles. The predicted octanol–water partition coefficient (Wildman–Crippen LogP) is 4.50. The normalized spacial score (nSPS) is 12.6. The molecule has 2 amide bonds. The monoisotopic (exact) mass is 384 g/mol. The Morgan fingerprint density at radius 1 is 0.966 bits per heavy atom. The second-order valence-electron chi connectivity index (χ2n) is 7.52. The summed E-state index contributed by atoms with van der Waals surface area (Å²) in [5.74, 6) is -0.0653. The van der Waals surface area contributed by atoms with Crippen LogP contribution < -0.4 is 10.2 Å². The first-order valence-electron chi connectivity index (χ1n) is 9.86. The second kappa shape index (κ2) is 7.92. The van der Waals surface area contributed by atoms with Crippen LogP contribution in [0.1, 0.15) is 34.0 Å². The minimum Gasteiger partial charge on any atom is -0.348 e. The van der Waals surface area contributed by atoms with Crippen molar-refractivity contribution in [3.05, 3.63) is 89.0 Å². The molecule has 0 bridgehead atoms. The van der Waals surface area contributed by atoms with E-state index in [2.05, 4.69) is 48.6 Å². The summed E-state index contributed by atoms with van der Waals surface area (Å²) >= 11 is 0. The molecule has 0 fully saturated rings. The molecule has 146 valence electrons. The van der Waals surface area contributed by atoms with Gasteiger partial charge in [-0.25, -0.2) is 0 Å². The van der Waals surface area contributed by atoms with E-state index in [-0.39, 0.29) is 11.8 Å². The van der Waals surface area contributed by atoms with E-state index in [9.17, 15) is 9.59 Å². The van der Waals surface area contributed by atoms with Crippen LogP contribution in [-0.2, 0) is 17.8 Å². The standard InChI is InChI=1S/C25H24N2O2/c1-17-5-3-7-20(13-17)21-8-4-6-19(14-21)16-26-25(29)23-9-10-24-22(15-23)11-12-27(24)18(2)28/h3-10,13-15H,11-12,16H2,1-2H3,(H,26,29). The highest BCUT2D eigenvalue weighted by molar-refractivity contribution is 5.97. The number of benzene rings is 3. The van der Waals surface area contributed by atoms with Crippen molar-refractivity contribution >= 4 is 17.5 Å². The van der Waals surface area contributed by atoms with Crippen molar-refractivity contribution in [2.24, 2.45) is 0 Å². The van der Waals surface area contributed by atoms with Crippen LogP contribution in [-0.4, -0.2) is 18.4 Å². The van der Waals surface area contributed by atoms with Gasteiger partial charge in [-0.2, -0.15) is 0 Å². The lowest BCUT2D eigenvalue weighted by molar-refractivity contribution is -0.116. The molecule has 0 radical (unpaired) electrons. The van der Waals surface area contributed by atoms with Gasteiger partial charge in [-0.05, 0) is 59.9 Å². The SMILES string of the molecule is CC(=O)N1CCc2cc(C(=O)NCc3cccc(-c4cccc(C)c4)c3)ccc21. The molecule has 3 aromatic rings. The first-order chi connectivity index (χ1) is 14.0. The first-order valence-corrected chi connectivity index (χ1v) is 9.86. The van der Waals surface area contributed by atoms with Crippen molar-refractivity contribution in [2.45, 2.75) is 26.8 Å². The molecule has 4 rings (SSSR count).